The summed E-state index contributed by atoms with van der Waals surface area (Å²) in [7, 11) is 0. The number of nitrogens with zero attached hydrogens (tertiary/aromatic N) is 1. The molecule has 6 nitrogen and oxygen atoms in total. The monoisotopic (exact) mass is 371 g/mol. The molecule has 0 spiro atoms. The van der Waals surface area contributed by atoms with Crippen LogP contribution in [0.5, 0.6) is 0 Å². The Morgan fingerprint density at radius 3 is 2.46 bits per heavy atom. The summed E-state index contributed by atoms with van der Waals surface area (Å²) in [4.78, 5) is 38.1. The van der Waals surface area contributed by atoms with Crippen molar-refractivity contribution in [2.45, 2.75) is 13.0 Å². The predicted octanol–water partition coefficient (Wildman–Crippen LogP) is 2.15. The molecule has 1 saturated heterocycles. The van der Waals surface area contributed by atoms with Crippen LogP contribution in [0.1, 0.15) is 22.3 Å². The lowest BCUT2D eigenvalue weighted by atomic mass is 10.1. The Labute approximate surface area is 156 Å². The second-order valence-corrected chi connectivity index (χ2v) is 6.49. The zero-order chi connectivity index (χ0) is 18.5. The van der Waals surface area contributed by atoms with Crippen molar-refractivity contribution < 1.29 is 14.4 Å². The first kappa shape index (κ1) is 17.9. The number of rotatable bonds is 4. The Hall–Kier alpha value is -2.86. The van der Waals surface area contributed by atoms with Gasteiger partial charge in [-0.2, -0.15) is 0 Å². The van der Waals surface area contributed by atoms with Crippen LogP contribution in [0.4, 0.5) is 0 Å². The zero-order valence-electron chi connectivity index (χ0n) is 13.9. The zero-order valence-corrected chi connectivity index (χ0v) is 14.7. The van der Waals surface area contributed by atoms with Gasteiger partial charge in [-0.05, 0) is 17.7 Å². The third-order valence-corrected chi connectivity index (χ3v) is 4.55. The maximum Gasteiger partial charge on any atom is 0.271 e. The first-order valence-electron chi connectivity index (χ1n) is 8.21. The van der Waals surface area contributed by atoms with E-state index in [4.69, 9.17) is 11.6 Å². The van der Waals surface area contributed by atoms with E-state index in [0.717, 1.165) is 5.56 Å². The van der Waals surface area contributed by atoms with Crippen LogP contribution in [0.3, 0.4) is 0 Å². The molecule has 0 radical (unpaired) electrons. The molecule has 2 aromatic carbocycles. The highest BCUT2D eigenvalue weighted by atomic mass is 35.5. The average molecular weight is 372 g/mol. The number of hydrazine groups is 1. The van der Waals surface area contributed by atoms with E-state index < -0.39 is 17.7 Å². The van der Waals surface area contributed by atoms with Gasteiger partial charge in [0.05, 0.1) is 16.5 Å². The van der Waals surface area contributed by atoms with Gasteiger partial charge >= 0.3 is 0 Å². The topological polar surface area (TPSA) is 78.5 Å². The third-order valence-electron chi connectivity index (χ3n) is 4.22. The molecule has 3 rings (SSSR count). The smallest absolute Gasteiger partial charge is 0.271 e. The molecular weight excluding hydrogens is 354 g/mol. The fourth-order valence-electron chi connectivity index (χ4n) is 2.84. The molecule has 26 heavy (non-hydrogen) atoms. The van der Waals surface area contributed by atoms with Crippen molar-refractivity contribution in [3.05, 3.63) is 70.7 Å². The number of likely N-dealkylation sites (tertiary alicyclic amines) is 1. The maximum atomic E-state index is 12.3. The van der Waals surface area contributed by atoms with Crippen LogP contribution in [0, 0.1) is 5.92 Å². The van der Waals surface area contributed by atoms with Gasteiger partial charge in [-0.3, -0.25) is 25.2 Å². The second-order valence-electron chi connectivity index (χ2n) is 6.08. The minimum absolute atomic E-state index is 0.0774. The fourth-order valence-corrected chi connectivity index (χ4v) is 3.06. The van der Waals surface area contributed by atoms with Gasteiger partial charge in [0.15, 0.2) is 0 Å². The van der Waals surface area contributed by atoms with E-state index in [1.54, 1.807) is 29.2 Å². The molecule has 1 aliphatic heterocycles. The Balaban J connectivity index is 1.53. The Morgan fingerprint density at radius 1 is 1.04 bits per heavy atom. The molecule has 3 amide bonds. The number of hydrogen-bond donors (Lipinski definition) is 2. The van der Waals surface area contributed by atoms with E-state index in [-0.39, 0.29) is 17.9 Å². The van der Waals surface area contributed by atoms with Crippen LogP contribution in [-0.2, 0) is 16.1 Å². The van der Waals surface area contributed by atoms with Gasteiger partial charge in [-0.25, -0.2) is 0 Å². The van der Waals surface area contributed by atoms with Crippen LogP contribution in [0.2, 0.25) is 5.02 Å². The first-order valence-corrected chi connectivity index (χ1v) is 8.59. The van der Waals surface area contributed by atoms with E-state index in [1.165, 1.54) is 0 Å². The summed E-state index contributed by atoms with van der Waals surface area (Å²) in [5, 5.41) is 0.296. The average Bonchev–Trinajstić information content (AvgIpc) is 3.01. The van der Waals surface area contributed by atoms with E-state index >= 15 is 0 Å². The molecule has 7 heteroatoms. The summed E-state index contributed by atoms with van der Waals surface area (Å²) in [5.41, 5.74) is 6.00. The molecule has 2 aromatic rings. The van der Waals surface area contributed by atoms with Gasteiger partial charge in [0.25, 0.3) is 5.91 Å². The fraction of sp³-hybridized carbons (Fsp3) is 0.211. The normalized spacial score (nSPS) is 16.4. The van der Waals surface area contributed by atoms with Crippen molar-refractivity contribution in [3.8, 4) is 0 Å². The maximum absolute atomic E-state index is 12.3. The number of nitrogens with one attached hydrogen (secondary N) is 2. The molecule has 0 bridgehead atoms. The lowest BCUT2D eigenvalue weighted by Crippen LogP contribution is -2.45. The Kier molecular flexibility index (Phi) is 5.53. The summed E-state index contributed by atoms with van der Waals surface area (Å²) in [6.45, 7) is 0.789. The SMILES string of the molecule is O=C(NNC(=O)[C@@H]1CC(=O)N(Cc2ccccc2)C1)c1ccccc1Cl. The lowest BCUT2D eigenvalue weighted by molar-refractivity contribution is -0.129. The second kappa shape index (κ2) is 8.01. The van der Waals surface area contributed by atoms with Gasteiger partial charge in [0.1, 0.15) is 0 Å². The van der Waals surface area contributed by atoms with E-state index in [0.29, 0.717) is 18.1 Å². The van der Waals surface area contributed by atoms with E-state index in [9.17, 15) is 14.4 Å². The van der Waals surface area contributed by atoms with Crippen molar-refractivity contribution in [3.63, 3.8) is 0 Å². The summed E-state index contributed by atoms with van der Waals surface area (Å²) >= 11 is 5.95. The molecule has 1 aliphatic rings. The van der Waals surface area contributed by atoms with E-state index in [1.807, 2.05) is 30.3 Å². The molecular formula is C19H18ClN3O3. The van der Waals surface area contributed by atoms with E-state index in [2.05, 4.69) is 10.9 Å². The molecule has 0 saturated carbocycles. The molecule has 0 aromatic heterocycles. The minimum Gasteiger partial charge on any atom is -0.338 e. The summed E-state index contributed by atoms with van der Waals surface area (Å²) < 4.78 is 0. The van der Waals surface area contributed by atoms with Crippen molar-refractivity contribution >= 4 is 29.3 Å². The van der Waals surface area contributed by atoms with Crippen LogP contribution < -0.4 is 10.9 Å². The number of carbonyl (C=O) groups is 3. The predicted molar refractivity (Wildman–Crippen MR) is 97.0 cm³/mol. The summed E-state index contributed by atoms with van der Waals surface area (Å²) in [6.07, 6.45) is 0.126. The lowest BCUT2D eigenvalue weighted by Gasteiger charge is -2.16. The molecule has 134 valence electrons. The number of carbonyl (C=O) groups excluding carboxylic acids is 3. The van der Waals surface area contributed by atoms with Gasteiger partial charge in [0.2, 0.25) is 11.8 Å². The highest BCUT2D eigenvalue weighted by Crippen LogP contribution is 2.20. The highest BCUT2D eigenvalue weighted by Gasteiger charge is 2.34. The highest BCUT2D eigenvalue weighted by molar-refractivity contribution is 6.33. The van der Waals surface area contributed by atoms with Crippen LogP contribution in [-0.4, -0.2) is 29.2 Å². The molecule has 0 aliphatic carbocycles. The standard InChI is InChI=1S/C19H18ClN3O3/c20-16-9-5-4-8-15(16)19(26)22-21-18(25)14-10-17(24)23(12-14)11-13-6-2-1-3-7-13/h1-9,14H,10-12H2,(H,21,25)(H,22,26)/t14-/m1/s1. The molecule has 1 heterocycles. The van der Waals surface area contributed by atoms with Crippen molar-refractivity contribution in [1.29, 1.82) is 0 Å². The van der Waals surface area contributed by atoms with Gasteiger partial charge in [-0.1, -0.05) is 54.1 Å². The number of hydrogen-bond acceptors (Lipinski definition) is 3. The third kappa shape index (κ3) is 4.21. The molecule has 2 N–H and O–H groups in total. The summed E-state index contributed by atoms with van der Waals surface area (Å²) in [6, 6.07) is 16.1. The van der Waals surface area contributed by atoms with Gasteiger partial charge in [-0.15, -0.1) is 0 Å². The van der Waals surface area contributed by atoms with Crippen LogP contribution >= 0.6 is 11.6 Å². The Morgan fingerprint density at radius 2 is 1.73 bits per heavy atom. The van der Waals surface area contributed by atoms with Crippen molar-refractivity contribution in [2.75, 3.05) is 6.54 Å². The van der Waals surface area contributed by atoms with Gasteiger partial charge in [0, 0.05) is 19.5 Å². The largest absolute Gasteiger partial charge is 0.338 e. The van der Waals surface area contributed by atoms with Crippen LogP contribution in [0.15, 0.2) is 54.6 Å². The molecule has 0 unspecified atom stereocenters. The number of amides is 3. The number of benzene rings is 2. The quantitative estimate of drug-likeness (QED) is 0.808. The molecule has 1 atom stereocenters. The van der Waals surface area contributed by atoms with Crippen molar-refractivity contribution in [1.82, 2.24) is 15.8 Å². The number of halogens is 1. The first-order chi connectivity index (χ1) is 12.5. The van der Waals surface area contributed by atoms with Crippen molar-refractivity contribution in [2.24, 2.45) is 5.92 Å². The summed E-state index contributed by atoms with van der Waals surface area (Å²) in [5.74, 6) is -1.48. The van der Waals surface area contributed by atoms with Gasteiger partial charge < -0.3 is 4.90 Å². The minimum atomic E-state index is -0.505. The Bertz CT molecular complexity index is 826. The van der Waals surface area contributed by atoms with Crippen LogP contribution in [0.25, 0.3) is 0 Å². The molecule has 1 fully saturated rings.